The maximum Gasteiger partial charge on any atom is 0.252 e. The van der Waals surface area contributed by atoms with E-state index in [0.29, 0.717) is 41.9 Å². The summed E-state index contributed by atoms with van der Waals surface area (Å²) in [5.41, 5.74) is 0.855. The summed E-state index contributed by atoms with van der Waals surface area (Å²) in [5.74, 6) is 1.96. The van der Waals surface area contributed by atoms with Gasteiger partial charge in [-0.2, -0.15) is 9.29 Å². The highest BCUT2D eigenvalue weighted by atomic mass is 32.2. The van der Waals surface area contributed by atoms with Crippen molar-refractivity contribution in [3.8, 4) is 17.1 Å². The van der Waals surface area contributed by atoms with E-state index in [1.807, 2.05) is 38.1 Å². The van der Waals surface area contributed by atoms with Crippen molar-refractivity contribution in [3.05, 3.63) is 47.7 Å². The largest absolute Gasteiger partial charge is 0.491 e. The molecule has 2 aromatic heterocycles. The van der Waals surface area contributed by atoms with Crippen LogP contribution in [0.5, 0.6) is 5.75 Å². The van der Waals surface area contributed by atoms with Crippen molar-refractivity contribution in [2.24, 2.45) is 0 Å². The second-order valence-electron chi connectivity index (χ2n) is 7.26. The fourth-order valence-electron chi connectivity index (χ4n) is 3.35. The van der Waals surface area contributed by atoms with Crippen LogP contribution in [0, 0.1) is 0 Å². The highest BCUT2D eigenvalue weighted by Crippen LogP contribution is 2.32. The van der Waals surface area contributed by atoms with Gasteiger partial charge in [-0.15, -0.1) is 11.3 Å². The van der Waals surface area contributed by atoms with Crippen LogP contribution in [0.3, 0.4) is 0 Å². The van der Waals surface area contributed by atoms with Crippen molar-refractivity contribution in [3.63, 3.8) is 0 Å². The van der Waals surface area contributed by atoms with Crippen LogP contribution in [0.15, 0.2) is 50.5 Å². The number of sulfonamides is 1. The first-order chi connectivity index (χ1) is 13.9. The number of rotatable bonds is 6. The third kappa shape index (κ3) is 4.36. The van der Waals surface area contributed by atoms with E-state index in [2.05, 4.69) is 10.1 Å². The first-order valence-electron chi connectivity index (χ1n) is 9.58. The Balaban J connectivity index is 1.41. The van der Waals surface area contributed by atoms with Gasteiger partial charge in [-0.1, -0.05) is 11.2 Å². The second-order valence-corrected chi connectivity index (χ2v) is 10.4. The lowest BCUT2D eigenvalue weighted by Gasteiger charge is -2.29. The van der Waals surface area contributed by atoms with E-state index < -0.39 is 10.0 Å². The molecule has 4 rings (SSSR count). The van der Waals surface area contributed by atoms with Gasteiger partial charge in [0.05, 0.1) is 6.10 Å². The molecule has 0 saturated carbocycles. The predicted molar refractivity (Wildman–Crippen MR) is 111 cm³/mol. The Hall–Kier alpha value is -2.23. The van der Waals surface area contributed by atoms with Crippen molar-refractivity contribution in [2.45, 2.75) is 42.9 Å². The van der Waals surface area contributed by atoms with Crippen LogP contribution < -0.4 is 4.74 Å². The number of thiophene rings is 1. The highest BCUT2D eigenvalue weighted by Gasteiger charge is 2.32. The molecule has 7 nitrogen and oxygen atoms in total. The Kier molecular flexibility index (Phi) is 5.71. The lowest BCUT2D eigenvalue weighted by Crippen LogP contribution is -2.37. The summed E-state index contributed by atoms with van der Waals surface area (Å²) in [4.78, 5) is 4.55. The molecule has 154 valence electrons. The molecule has 0 aliphatic carbocycles. The highest BCUT2D eigenvalue weighted by molar-refractivity contribution is 7.91. The monoisotopic (exact) mass is 433 g/mol. The maximum atomic E-state index is 12.6. The van der Waals surface area contributed by atoms with Crippen LogP contribution in [0.4, 0.5) is 0 Å². The molecule has 1 aliphatic heterocycles. The summed E-state index contributed by atoms with van der Waals surface area (Å²) < 4.78 is 38.4. The Morgan fingerprint density at radius 1 is 1.17 bits per heavy atom. The van der Waals surface area contributed by atoms with Gasteiger partial charge in [0.25, 0.3) is 10.0 Å². The van der Waals surface area contributed by atoms with Gasteiger partial charge in [-0.3, -0.25) is 0 Å². The second kappa shape index (κ2) is 8.25. The third-order valence-electron chi connectivity index (χ3n) is 4.82. The average Bonchev–Trinajstić information content (AvgIpc) is 3.41. The SMILES string of the molecule is CC(C)Oc1ccc(-c2noc(C3CCN(S(=O)(=O)c4cccs4)CC3)n2)cc1. The zero-order chi connectivity index (χ0) is 20.4. The van der Waals surface area contributed by atoms with E-state index in [1.165, 1.54) is 11.3 Å². The number of aromatic nitrogens is 2. The van der Waals surface area contributed by atoms with Gasteiger partial charge in [-0.05, 0) is 62.4 Å². The summed E-state index contributed by atoms with van der Waals surface area (Å²) in [7, 11) is -3.40. The first kappa shape index (κ1) is 20.1. The molecule has 3 aromatic rings. The van der Waals surface area contributed by atoms with Crippen LogP contribution >= 0.6 is 11.3 Å². The van der Waals surface area contributed by atoms with E-state index in [0.717, 1.165) is 11.3 Å². The lowest BCUT2D eigenvalue weighted by molar-refractivity contribution is 0.242. The van der Waals surface area contributed by atoms with Gasteiger partial charge >= 0.3 is 0 Å². The van der Waals surface area contributed by atoms with E-state index >= 15 is 0 Å². The molecule has 1 saturated heterocycles. The predicted octanol–water partition coefficient (Wildman–Crippen LogP) is 4.15. The fraction of sp³-hybridized carbons (Fsp3) is 0.400. The molecule has 0 unspecified atom stereocenters. The van der Waals surface area contributed by atoms with Gasteiger partial charge in [0, 0.05) is 24.6 Å². The smallest absolute Gasteiger partial charge is 0.252 e. The van der Waals surface area contributed by atoms with Crippen LogP contribution in [-0.4, -0.2) is 42.1 Å². The number of ether oxygens (including phenoxy) is 1. The summed E-state index contributed by atoms with van der Waals surface area (Å²) in [6.45, 7) is 4.86. The van der Waals surface area contributed by atoms with Gasteiger partial charge in [0.15, 0.2) is 0 Å². The maximum absolute atomic E-state index is 12.6. The molecule has 0 bridgehead atoms. The fourth-order valence-corrected chi connectivity index (χ4v) is 5.97. The molecule has 0 atom stereocenters. The molecule has 3 heterocycles. The zero-order valence-corrected chi connectivity index (χ0v) is 17.9. The molecule has 0 amide bonds. The minimum atomic E-state index is -3.40. The van der Waals surface area contributed by atoms with E-state index in [1.54, 1.807) is 21.8 Å². The van der Waals surface area contributed by atoms with E-state index in [-0.39, 0.29) is 12.0 Å². The number of hydrogen-bond acceptors (Lipinski definition) is 7. The lowest BCUT2D eigenvalue weighted by atomic mass is 9.98. The van der Waals surface area contributed by atoms with Crippen LogP contribution in [0.2, 0.25) is 0 Å². The minimum absolute atomic E-state index is 0.0644. The molecule has 0 spiro atoms. The summed E-state index contributed by atoms with van der Waals surface area (Å²) in [6, 6.07) is 11.0. The quantitative estimate of drug-likeness (QED) is 0.580. The molecule has 9 heteroatoms. The Labute approximate surface area is 174 Å². The molecule has 29 heavy (non-hydrogen) atoms. The van der Waals surface area contributed by atoms with Gasteiger partial charge < -0.3 is 9.26 Å². The molecule has 0 radical (unpaired) electrons. The van der Waals surface area contributed by atoms with Crippen molar-refractivity contribution < 1.29 is 17.7 Å². The van der Waals surface area contributed by atoms with E-state index in [9.17, 15) is 8.42 Å². The van der Waals surface area contributed by atoms with Crippen molar-refractivity contribution in [2.75, 3.05) is 13.1 Å². The standard InChI is InChI=1S/C20H23N3O4S2/c1-14(2)26-17-7-5-15(6-8-17)19-21-20(27-22-19)16-9-11-23(12-10-16)29(24,25)18-4-3-13-28-18/h3-8,13-14,16H,9-12H2,1-2H3. The number of benzene rings is 1. The number of piperidine rings is 1. The molecular formula is C20H23N3O4S2. The molecule has 1 aromatic carbocycles. The normalized spacial score (nSPS) is 16.4. The Morgan fingerprint density at radius 2 is 1.90 bits per heavy atom. The van der Waals surface area contributed by atoms with Gasteiger partial charge in [0.1, 0.15) is 9.96 Å². The number of hydrogen-bond donors (Lipinski definition) is 0. The topological polar surface area (TPSA) is 85.5 Å². The summed E-state index contributed by atoms with van der Waals surface area (Å²) in [5, 5.41) is 5.88. The summed E-state index contributed by atoms with van der Waals surface area (Å²) in [6.07, 6.45) is 1.44. The average molecular weight is 434 g/mol. The number of nitrogens with zero attached hydrogens (tertiary/aromatic N) is 3. The molecular weight excluding hydrogens is 410 g/mol. The van der Waals surface area contributed by atoms with E-state index in [4.69, 9.17) is 9.26 Å². The Bertz CT molecular complexity index is 1040. The summed E-state index contributed by atoms with van der Waals surface area (Å²) >= 11 is 1.25. The van der Waals surface area contributed by atoms with Gasteiger partial charge in [-0.25, -0.2) is 8.42 Å². The van der Waals surface area contributed by atoms with Crippen LogP contribution in [0.25, 0.3) is 11.4 Å². The molecule has 1 aliphatic rings. The van der Waals surface area contributed by atoms with Crippen molar-refractivity contribution >= 4 is 21.4 Å². The van der Waals surface area contributed by atoms with Crippen molar-refractivity contribution in [1.29, 1.82) is 0 Å². The molecule has 0 N–H and O–H groups in total. The van der Waals surface area contributed by atoms with Gasteiger partial charge in [0.2, 0.25) is 11.7 Å². The first-order valence-corrected chi connectivity index (χ1v) is 11.9. The van der Waals surface area contributed by atoms with Crippen LogP contribution in [0.1, 0.15) is 38.5 Å². The minimum Gasteiger partial charge on any atom is -0.491 e. The molecule has 1 fully saturated rings. The Morgan fingerprint density at radius 3 is 2.52 bits per heavy atom. The zero-order valence-electron chi connectivity index (χ0n) is 16.3. The van der Waals surface area contributed by atoms with Crippen molar-refractivity contribution in [1.82, 2.24) is 14.4 Å². The van der Waals surface area contributed by atoms with Crippen LogP contribution in [-0.2, 0) is 10.0 Å². The third-order valence-corrected chi connectivity index (χ3v) is 8.09.